The Morgan fingerprint density at radius 3 is 2.41 bits per heavy atom. The number of carbonyl (C=O) groups excluding carboxylic acids is 1. The van der Waals surface area contributed by atoms with E-state index in [0.717, 1.165) is 27.9 Å². The van der Waals surface area contributed by atoms with Crippen molar-refractivity contribution in [2.75, 3.05) is 14.2 Å². The molecule has 2 aromatic carbocycles. The third-order valence-electron chi connectivity index (χ3n) is 3.50. The normalized spacial score (nSPS) is 10.5. The maximum atomic E-state index is 11.4. The molecule has 110 valence electrons. The highest BCUT2D eigenvalue weighted by Gasteiger charge is 2.07. The van der Waals surface area contributed by atoms with Crippen molar-refractivity contribution < 1.29 is 14.3 Å². The van der Waals surface area contributed by atoms with Gasteiger partial charge in [0.1, 0.15) is 5.75 Å². The van der Waals surface area contributed by atoms with Gasteiger partial charge in [-0.2, -0.15) is 0 Å². The Morgan fingerprint density at radius 2 is 1.73 bits per heavy atom. The highest BCUT2D eigenvalue weighted by atomic mass is 16.5. The van der Waals surface area contributed by atoms with Gasteiger partial charge in [-0.15, -0.1) is 0 Å². The molecule has 4 heteroatoms. The first kappa shape index (κ1) is 14.1. The summed E-state index contributed by atoms with van der Waals surface area (Å²) in [6, 6.07) is 16.9. The van der Waals surface area contributed by atoms with Gasteiger partial charge in [0.25, 0.3) is 0 Å². The van der Waals surface area contributed by atoms with Crippen molar-refractivity contribution in [2.24, 2.45) is 0 Å². The van der Waals surface area contributed by atoms with Crippen LogP contribution in [0.1, 0.15) is 10.4 Å². The average molecular weight is 293 g/mol. The van der Waals surface area contributed by atoms with Crippen molar-refractivity contribution in [2.45, 2.75) is 0 Å². The van der Waals surface area contributed by atoms with Crippen LogP contribution < -0.4 is 4.74 Å². The summed E-state index contributed by atoms with van der Waals surface area (Å²) in [5.74, 6) is 0.467. The molecule has 0 aliphatic carbocycles. The second-order valence-electron chi connectivity index (χ2n) is 4.82. The van der Waals surface area contributed by atoms with Crippen molar-refractivity contribution >= 4 is 16.9 Å². The largest absolute Gasteiger partial charge is 0.497 e. The molecular weight excluding hydrogens is 278 g/mol. The molecule has 3 rings (SSSR count). The second kappa shape index (κ2) is 5.85. The summed E-state index contributed by atoms with van der Waals surface area (Å²) in [4.78, 5) is 16.1. The number of nitrogens with zero attached hydrogens (tertiary/aromatic N) is 1. The minimum absolute atomic E-state index is 0.342. The van der Waals surface area contributed by atoms with Crippen LogP contribution >= 0.6 is 0 Å². The Balaban J connectivity index is 1.97. The third-order valence-corrected chi connectivity index (χ3v) is 3.50. The molecule has 22 heavy (non-hydrogen) atoms. The summed E-state index contributed by atoms with van der Waals surface area (Å²) in [6.45, 7) is 0. The fraction of sp³-hybridized carbons (Fsp3) is 0.111. The smallest absolute Gasteiger partial charge is 0.337 e. The van der Waals surface area contributed by atoms with E-state index in [4.69, 9.17) is 9.47 Å². The molecule has 0 bridgehead atoms. The van der Waals surface area contributed by atoms with Crippen LogP contribution in [0.25, 0.3) is 22.2 Å². The average Bonchev–Trinajstić information content (AvgIpc) is 2.60. The minimum atomic E-state index is -0.342. The van der Waals surface area contributed by atoms with E-state index in [9.17, 15) is 4.79 Å². The van der Waals surface area contributed by atoms with Gasteiger partial charge in [-0.3, -0.25) is 0 Å². The highest BCUT2D eigenvalue weighted by molar-refractivity contribution is 5.90. The molecule has 0 aliphatic rings. The van der Waals surface area contributed by atoms with Crippen LogP contribution in [0, 0.1) is 0 Å². The number of carbonyl (C=O) groups is 1. The zero-order chi connectivity index (χ0) is 15.5. The van der Waals surface area contributed by atoms with Gasteiger partial charge in [0.15, 0.2) is 0 Å². The number of benzene rings is 2. The number of fused-ring (bicyclic) bond motifs is 1. The molecule has 3 aromatic rings. The van der Waals surface area contributed by atoms with Crippen LogP contribution in [0.4, 0.5) is 0 Å². The van der Waals surface area contributed by atoms with Crippen LogP contribution in [0.2, 0.25) is 0 Å². The number of methoxy groups -OCH3 is 2. The van der Waals surface area contributed by atoms with Gasteiger partial charge >= 0.3 is 5.97 Å². The van der Waals surface area contributed by atoms with Gasteiger partial charge < -0.3 is 9.47 Å². The first-order valence-corrected chi connectivity index (χ1v) is 6.85. The Morgan fingerprint density at radius 1 is 0.955 bits per heavy atom. The molecule has 0 fully saturated rings. The number of hydrogen-bond donors (Lipinski definition) is 0. The first-order valence-electron chi connectivity index (χ1n) is 6.85. The standard InChI is InChI=1S/C18H15NO3/c1-21-15-8-10-17-14(11-15)7-9-16(19-17)12-3-5-13(6-4-12)18(20)22-2/h3-11H,1-2H3. The van der Waals surface area contributed by atoms with E-state index in [1.165, 1.54) is 7.11 Å². The Hall–Kier alpha value is -2.88. The zero-order valence-corrected chi connectivity index (χ0v) is 12.4. The van der Waals surface area contributed by atoms with E-state index >= 15 is 0 Å². The quantitative estimate of drug-likeness (QED) is 0.691. The molecule has 4 nitrogen and oxygen atoms in total. The number of esters is 1. The molecule has 0 spiro atoms. The number of aromatic nitrogens is 1. The summed E-state index contributed by atoms with van der Waals surface area (Å²) in [5.41, 5.74) is 3.23. The van der Waals surface area contributed by atoms with Gasteiger partial charge in [-0.25, -0.2) is 9.78 Å². The van der Waals surface area contributed by atoms with E-state index in [2.05, 4.69) is 4.98 Å². The lowest BCUT2D eigenvalue weighted by atomic mass is 10.1. The van der Waals surface area contributed by atoms with E-state index in [1.54, 1.807) is 19.2 Å². The maximum absolute atomic E-state index is 11.4. The molecule has 0 saturated heterocycles. The number of ether oxygens (including phenoxy) is 2. The van der Waals surface area contributed by atoms with Gasteiger partial charge in [-0.1, -0.05) is 18.2 Å². The number of rotatable bonds is 3. The molecule has 1 aromatic heterocycles. The monoisotopic (exact) mass is 293 g/mol. The summed E-state index contributed by atoms with van der Waals surface area (Å²) in [5, 5.41) is 1.02. The van der Waals surface area contributed by atoms with Crippen LogP contribution in [0.15, 0.2) is 54.6 Å². The fourth-order valence-electron chi connectivity index (χ4n) is 2.29. The van der Waals surface area contributed by atoms with Crippen LogP contribution in [0.5, 0.6) is 5.75 Å². The maximum Gasteiger partial charge on any atom is 0.337 e. The first-order chi connectivity index (χ1) is 10.7. The van der Waals surface area contributed by atoms with Crippen molar-refractivity contribution in [1.29, 1.82) is 0 Å². The molecule has 0 unspecified atom stereocenters. The topological polar surface area (TPSA) is 48.4 Å². The van der Waals surface area contributed by atoms with Crippen molar-refractivity contribution in [3.05, 3.63) is 60.2 Å². The lowest BCUT2D eigenvalue weighted by Gasteiger charge is -2.06. The molecule has 0 amide bonds. The molecule has 1 heterocycles. The lowest BCUT2D eigenvalue weighted by Crippen LogP contribution is -2.00. The van der Waals surface area contributed by atoms with E-state index in [-0.39, 0.29) is 5.97 Å². The summed E-state index contributed by atoms with van der Waals surface area (Å²) in [7, 11) is 3.02. The van der Waals surface area contributed by atoms with Gasteiger partial charge in [-0.05, 0) is 36.4 Å². The SMILES string of the molecule is COC(=O)c1ccc(-c2ccc3cc(OC)ccc3n2)cc1. The highest BCUT2D eigenvalue weighted by Crippen LogP contribution is 2.24. The van der Waals surface area contributed by atoms with Crippen molar-refractivity contribution in [3.8, 4) is 17.0 Å². The van der Waals surface area contributed by atoms with Gasteiger partial charge in [0, 0.05) is 10.9 Å². The fourth-order valence-corrected chi connectivity index (χ4v) is 2.29. The van der Waals surface area contributed by atoms with Crippen LogP contribution in [-0.2, 0) is 4.74 Å². The van der Waals surface area contributed by atoms with E-state index < -0.39 is 0 Å². The van der Waals surface area contributed by atoms with Crippen molar-refractivity contribution in [1.82, 2.24) is 4.98 Å². The predicted molar refractivity (Wildman–Crippen MR) is 85.1 cm³/mol. The Kier molecular flexibility index (Phi) is 3.74. The Labute approximate surface area is 128 Å². The zero-order valence-electron chi connectivity index (χ0n) is 12.4. The molecule has 0 aliphatic heterocycles. The lowest BCUT2D eigenvalue weighted by molar-refractivity contribution is 0.0601. The van der Waals surface area contributed by atoms with Gasteiger partial charge in [0.2, 0.25) is 0 Å². The molecule has 0 saturated carbocycles. The summed E-state index contributed by atoms with van der Waals surface area (Å²) >= 11 is 0. The Bertz CT molecular complexity index is 825. The van der Waals surface area contributed by atoms with Gasteiger partial charge in [0.05, 0.1) is 31.0 Å². The molecule has 0 radical (unpaired) electrons. The number of hydrogen-bond acceptors (Lipinski definition) is 4. The molecular formula is C18H15NO3. The predicted octanol–water partition coefficient (Wildman–Crippen LogP) is 3.70. The second-order valence-corrected chi connectivity index (χ2v) is 4.82. The van der Waals surface area contributed by atoms with Crippen molar-refractivity contribution in [3.63, 3.8) is 0 Å². The van der Waals surface area contributed by atoms with E-state index in [1.807, 2.05) is 42.5 Å². The van der Waals surface area contributed by atoms with E-state index in [0.29, 0.717) is 5.56 Å². The minimum Gasteiger partial charge on any atom is -0.497 e. The van der Waals surface area contributed by atoms with Crippen LogP contribution in [-0.4, -0.2) is 25.2 Å². The third kappa shape index (κ3) is 2.63. The summed E-state index contributed by atoms with van der Waals surface area (Å²) < 4.78 is 9.91. The summed E-state index contributed by atoms with van der Waals surface area (Å²) in [6.07, 6.45) is 0. The number of pyridine rings is 1. The molecule has 0 N–H and O–H groups in total. The van der Waals surface area contributed by atoms with Crippen LogP contribution in [0.3, 0.4) is 0 Å². The molecule has 0 atom stereocenters.